The Morgan fingerprint density at radius 1 is 0.558 bits per heavy atom. The number of thiol groups is 1. The first-order valence-electron chi connectivity index (χ1n) is 14.7. The van der Waals surface area contributed by atoms with Gasteiger partial charge in [0.15, 0.2) is 0 Å². The van der Waals surface area contributed by atoms with Crippen LogP contribution in [0.2, 0.25) is 0 Å². The molecule has 206 valence electrons. The van der Waals surface area contributed by atoms with Gasteiger partial charge in [0.2, 0.25) is 0 Å². The van der Waals surface area contributed by atoms with Crippen molar-refractivity contribution >= 4 is 62.2 Å². The topological polar surface area (TPSA) is 9.86 Å². The Morgan fingerprint density at radius 2 is 1.21 bits per heavy atom. The summed E-state index contributed by atoms with van der Waals surface area (Å²) in [4.78, 5) is 0. The molecule has 0 bridgehead atoms. The number of benzene rings is 6. The number of aryl methyl sites for hydroxylation is 1. The Bertz CT molecular complexity index is 2310. The van der Waals surface area contributed by atoms with E-state index in [0.29, 0.717) is 5.75 Å². The van der Waals surface area contributed by atoms with Gasteiger partial charge in [0.25, 0.3) is 0 Å². The minimum absolute atomic E-state index is 0.684. The van der Waals surface area contributed by atoms with Gasteiger partial charge in [-0.2, -0.15) is 12.6 Å². The molecule has 0 aliphatic carbocycles. The Labute approximate surface area is 256 Å². The van der Waals surface area contributed by atoms with Gasteiger partial charge in [-0.25, -0.2) is 0 Å². The second-order valence-corrected chi connectivity index (χ2v) is 11.4. The Kier molecular flexibility index (Phi) is 6.20. The van der Waals surface area contributed by atoms with Crippen molar-refractivity contribution in [2.45, 2.75) is 6.92 Å². The number of fused-ring (bicyclic) bond motifs is 6. The molecule has 2 aromatic heterocycles. The van der Waals surface area contributed by atoms with E-state index in [2.05, 4.69) is 174 Å². The fourth-order valence-corrected chi connectivity index (χ4v) is 6.88. The summed E-state index contributed by atoms with van der Waals surface area (Å²) in [6, 6.07) is 48.2. The third kappa shape index (κ3) is 4.04. The summed E-state index contributed by atoms with van der Waals surface area (Å²) >= 11 is 4.50. The van der Waals surface area contributed by atoms with Crippen molar-refractivity contribution in [1.82, 2.24) is 9.13 Å². The molecule has 43 heavy (non-hydrogen) atoms. The highest BCUT2D eigenvalue weighted by molar-refractivity contribution is 7.80. The SMILES string of the molecule is Cc1c(/C=C\CS)n(-c2ccc(-c3ccccc3)cc2)c2ccc3c(c4ccccc4n3-c3cccc4ccccc34)c12. The van der Waals surface area contributed by atoms with Gasteiger partial charge in [-0.05, 0) is 71.5 Å². The van der Waals surface area contributed by atoms with Crippen LogP contribution in [0.3, 0.4) is 0 Å². The zero-order chi connectivity index (χ0) is 28.9. The Balaban J connectivity index is 1.44. The lowest BCUT2D eigenvalue weighted by molar-refractivity contribution is 1.10. The summed E-state index contributed by atoms with van der Waals surface area (Å²) < 4.78 is 4.85. The van der Waals surface area contributed by atoms with Crippen LogP contribution >= 0.6 is 12.6 Å². The van der Waals surface area contributed by atoms with Crippen LogP contribution in [0.4, 0.5) is 0 Å². The fourth-order valence-electron chi connectivity index (χ4n) is 6.78. The predicted octanol–water partition coefficient (Wildman–Crippen LogP) is 10.8. The van der Waals surface area contributed by atoms with Crippen molar-refractivity contribution in [2.75, 3.05) is 5.75 Å². The highest BCUT2D eigenvalue weighted by Crippen LogP contribution is 2.42. The van der Waals surface area contributed by atoms with Gasteiger partial charge in [-0.15, -0.1) is 0 Å². The number of aromatic nitrogens is 2. The summed E-state index contributed by atoms with van der Waals surface area (Å²) in [5, 5.41) is 6.34. The van der Waals surface area contributed by atoms with Crippen LogP contribution < -0.4 is 0 Å². The maximum atomic E-state index is 4.50. The third-order valence-electron chi connectivity index (χ3n) is 8.68. The molecular weight excluding hydrogens is 541 g/mol. The lowest BCUT2D eigenvalue weighted by atomic mass is 10.0. The van der Waals surface area contributed by atoms with Gasteiger partial charge >= 0.3 is 0 Å². The molecule has 0 N–H and O–H groups in total. The Hall–Kier alpha value is -4.99. The van der Waals surface area contributed by atoms with Gasteiger partial charge in [0.1, 0.15) is 0 Å². The molecule has 0 amide bonds. The summed E-state index contributed by atoms with van der Waals surface area (Å²) in [5.41, 5.74) is 10.9. The van der Waals surface area contributed by atoms with Crippen molar-refractivity contribution in [3.63, 3.8) is 0 Å². The molecule has 8 rings (SSSR count). The van der Waals surface area contributed by atoms with Crippen LogP contribution in [0.5, 0.6) is 0 Å². The first-order valence-corrected chi connectivity index (χ1v) is 15.4. The van der Waals surface area contributed by atoms with Crippen molar-refractivity contribution in [2.24, 2.45) is 0 Å². The molecule has 0 saturated carbocycles. The monoisotopic (exact) mass is 570 g/mol. The highest BCUT2D eigenvalue weighted by Gasteiger charge is 2.21. The van der Waals surface area contributed by atoms with E-state index in [1.165, 1.54) is 71.6 Å². The minimum Gasteiger partial charge on any atom is -0.310 e. The van der Waals surface area contributed by atoms with Crippen LogP contribution in [0.15, 0.2) is 140 Å². The van der Waals surface area contributed by atoms with Gasteiger partial charge in [-0.1, -0.05) is 103 Å². The minimum atomic E-state index is 0.684. The smallest absolute Gasteiger partial charge is 0.0549 e. The normalized spacial score (nSPS) is 12.0. The van der Waals surface area contributed by atoms with Crippen LogP contribution in [0.25, 0.3) is 72.1 Å². The van der Waals surface area contributed by atoms with E-state index in [1.54, 1.807) is 0 Å². The highest BCUT2D eigenvalue weighted by atomic mass is 32.1. The Morgan fingerprint density at radius 3 is 2.00 bits per heavy atom. The van der Waals surface area contributed by atoms with Crippen molar-refractivity contribution in [3.8, 4) is 22.5 Å². The first kappa shape index (κ1) is 25.7. The largest absolute Gasteiger partial charge is 0.310 e. The van der Waals surface area contributed by atoms with Gasteiger partial charge in [-0.3, -0.25) is 0 Å². The molecular formula is C40H30N2S. The maximum absolute atomic E-state index is 4.50. The molecule has 0 unspecified atom stereocenters. The summed E-state index contributed by atoms with van der Waals surface area (Å²) in [7, 11) is 0. The zero-order valence-electron chi connectivity index (χ0n) is 23.9. The van der Waals surface area contributed by atoms with Crippen LogP contribution in [0.1, 0.15) is 11.3 Å². The summed E-state index contributed by atoms with van der Waals surface area (Å²) in [6.45, 7) is 2.26. The number of nitrogens with zero attached hydrogens (tertiary/aromatic N) is 2. The summed E-state index contributed by atoms with van der Waals surface area (Å²) in [5.74, 6) is 0.684. The molecule has 0 aliphatic heterocycles. The molecule has 8 aromatic rings. The molecule has 2 heterocycles. The van der Waals surface area contributed by atoms with E-state index >= 15 is 0 Å². The van der Waals surface area contributed by atoms with E-state index in [1.807, 2.05) is 0 Å². The molecule has 3 heteroatoms. The van der Waals surface area contributed by atoms with Crippen molar-refractivity contribution in [1.29, 1.82) is 0 Å². The van der Waals surface area contributed by atoms with Gasteiger partial charge < -0.3 is 9.13 Å². The molecule has 6 aromatic carbocycles. The standard InChI is InChI=1S/C40H30N2S/c1-27-34(19-10-26-43)41(31-22-20-29(21-23-31)28-11-3-2-4-12-28)37-24-25-38-40(39(27)37)33-16-7-8-17-36(33)42(38)35-18-9-14-30-13-5-6-15-32(30)35/h2-25,43H,26H2,1H3/b19-10-. The number of hydrogen-bond donors (Lipinski definition) is 1. The van der Waals surface area contributed by atoms with E-state index in [0.717, 1.165) is 5.69 Å². The second kappa shape index (κ2) is 10.4. The van der Waals surface area contributed by atoms with Crippen LogP contribution in [0, 0.1) is 6.92 Å². The average Bonchev–Trinajstić information content (AvgIpc) is 3.55. The van der Waals surface area contributed by atoms with Crippen LogP contribution in [-0.2, 0) is 0 Å². The van der Waals surface area contributed by atoms with E-state index in [4.69, 9.17) is 0 Å². The maximum Gasteiger partial charge on any atom is 0.0549 e. The van der Waals surface area contributed by atoms with E-state index in [-0.39, 0.29) is 0 Å². The van der Waals surface area contributed by atoms with E-state index < -0.39 is 0 Å². The quantitative estimate of drug-likeness (QED) is 0.197. The number of para-hydroxylation sites is 1. The molecule has 0 radical (unpaired) electrons. The molecule has 0 spiro atoms. The zero-order valence-corrected chi connectivity index (χ0v) is 24.8. The molecule has 2 nitrogen and oxygen atoms in total. The lowest BCUT2D eigenvalue weighted by Gasteiger charge is -2.12. The molecule has 0 aliphatic rings. The van der Waals surface area contributed by atoms with Crippen molar-refractivity contribution in [3.05, 3.63) is 151 Å². The van der Waals surface area contributed by atoms with Crippen LogP contribution in [-0.4, -0.2) is 14.9 Å². The number of rotatable bonds is 5. The first-order chi connectivity index (χ1) is 21.2. The third-order valence-corrected chi connectivity index (χ3v) is 8.89. The molecule has 0 fully saturated rings. The molecule has 0 saturated heterocycles. The second-order valence-electron chi connectivity index (χ2n) is 11.0. The van der Waals surface area contributed by atoms with Gasteiger partial charge in [0, 0.05) is 38.7 Å². The van der Waals surface area contributed by atoms with Gasteiger partial charge in [0.05, 0.1) is 22.2 Å². The predicted molar refractivity (Wildman–Crippen MR) is 188 cm³/mol. The molecule has 0 atom stereocenters. The lowest BCUT2D eigenvalue weighted by Crippen LogP contribution is -1.97. The average molecular weight is 571 g/mol. The van der Waals surface area contributed by atoms with E-state index in [9.17, 15) is 0 Å². The fraction of sp³-hybridized carbons (Fsp3) is 0.0500. The van der Waals surface area contributed by atoms with Crippen molar-refractivity contribution < 1.29 is 0 Å². The summed E-state index contributed by atoms with van der Waals surface area (Å²) in [6.07, 6.45) is 4.36. The number of hydrogen-bond acceptors (Lipinski definition) is 1.